The van der Waals surface area contributed by atoms with E-state index in [-0.39, 0.29) is 22.4 Å². The van der Waals surface area contributed by atoms with Crippen LogP contribution in [0.4, 0.5) is 4.39 Å². The van der Waals surface area contributed by atoms with E-state index >= 15 is 0 Å². The lowest BCUT2D eigenvalue weighted by Crippen LogP contribution is -2.65. The molecule has 1 spiro atoms. The molecule has 1 aliphatic heterocycles. The highest BCUT2D eigenvalue weighted by Crippen LogP contribution is 2.50. The summed E-state index contributed by atoms with van der Waals surface area (Å²) in [5.41, 5.74) is 1.45. The number of halogens is 1. The fraction of sp³-hybridized carbons (Fsp3) is 0.400. The molecule has 1 saturated heterocycles. The lowest BCUT2D eigenvalue weighted by atomic mass is 9.61. The first-order chi connectivity index (χ1) is 15.5. The summed E-state index contributed by atoms with van der Waals surface area (Å²) in [6.45, 7) is 4.19. The molecule has 2 aromatic carbocycles. The number of amides is 1. The highest BCUT2D eigenvalue weighted by molar-refractivity contribution is 5.95. The molecule has 1 amide bonds. The van der Waals surface area contributed by atoms with Crippen LogP contribution in [0.1, 0.15) is 47.8 Å². The molecule has 3 aromatic rings. The van der Waals surface area contributed by atoms with E-state index in [2.05, 4.69) is 17.1 Å². The van der Waals surface area contributed by atoms with Gasteiger partial charge >= 0.3 is 0 Å². The number of rotatable bonds is 6. The van der Waals surface area contributed by atoms with Crippen molar-refractivity contribution < 1.29 is 13.9 Å². The molecule has 0 atom stereocenters. The minimum absolute atomic E-state index is 0.0872. The molecule has 2 fully saturated rings. The van der Waals surface area contributed by atoms with Crippen molar-refractivity contribution in [2.45, 2.75) is 38.7 Å². The smallest absolute Gasteiger partial charge is 0.272 e. The first-order valence-electron chi connectivity index (χ1n) is 11.1. The molecule has 7 heteroatoms. The van der Waals surface area contributed by atoms with E-state index in [0.29, 0.717) is 36.7 Å². The van der Waals surface area contributed by atoms with Crippen LogP contribution >= 0.6 is 0 Å². The molecule has 2 aliphatic rings. The molecule has 1 aliphatic carbocycles. The Bertz CT molecular complexity index is 1220. The molecule has 0 bridgehead atoms. The van der Waals surface area contributed by atoms with Crippen LogP contribution in [0.3, 0.4) is 0 Å². The van der Waals surface area contributed by atoms with Gasteiger partial charge in [-0.1, -0.05) is 31.2 Å². The molecule has 6 nitrogen and oxygen atoms in total. The molecule has 0 unspecified atom stereocenters. The minimum Gasteiger partial charge on any atom is -0.378 e. The second kappa shape index (κ2) is 8.13. The predicted molar refractivity (Wildman–Crippen MR) is 119 cm³/mol. The average molecular weight is 435 g/mol. The van der Waals surface area contributed by atoms with Gasteiger partial charge in [0.1, 0.15) is 5.82 Å². The van der Waals surface area contributed by atoms with Gasteiger partial charge in [0.15, 0.2) is 0 Å². The maximum atomic E-state index is 14.5. The van der Waals surface area contributed by atoms with E-state index in [1.54, 1.807) is 29.2 Å². The number of ether oxygens (including phenoxy) is 1. The van der Waals surface area contributed by atoms with Crippen molar-refractivity contribution in [3.63, 3.8) is 0 Å². The quantitative estimate of drug-likeness (QED) is 0.641. The van der Waals surface area contributed by atoms with Gasteiger partial charge in [0.2, 0.25) is 0 Å². The number of hydrogen-bond donors (Lipinski definition) is 1. The van der Waals surface area contributed by atoms with Crippen molar-refractivity contribution >= 4 is 16.7 Å². The third-order valence-electron chi connectivity index (χ3n) is 6.63. The molecule has 1 N–H and O–H groups in total. The molecular weight excluding hydrogens is 409 g/mol. The number of aromatic nitrogens is 2. The second-order valence-corrected chi connectivity index (χ2v) is 9.10. The fourth-order valence-electron chi connectivity index (χ4n) is 4.99. The summed E-state index contributed by atoms with van der Waals surface area (Å²) >= 11 is 0. The van der Waals surface area contributed by atoms with Gasteiger partial charge in [-0.2, -0.15) is 5.10 Å². The van der Waals surface area contributed by atoms with Crippen LogP contribution < -0.4 is 5.56 Å². The monoisotopic (exact) mass is 435 g/mol. The summed E-state index contributed by atoms with van der Waals surface area (Å²) in [5, 5.41) is 8.02. The Morgan fingerprint density at radius 3 is 2.72 bits per heavy atom. The molecule has 32 heavy (non-hydrogen) atoms. The van der Waals surface area contributed by atoms with Gasteiger partial charge in [0, 0.05) is 36.9 Å². The average Bonchev–Trinajstić information content (AvgIpc) is 2.74. The minimum atomic E-state index is -0.517. The summed E-state index contributed by atoms with van der Waals surface area (Å²) in [5.74, 6) is -0.788. The van der Waals surface area contributed by atoms with Crippen molar-refractivity contribution in [1.82, 2.24) is 15.1 Å². The third kappa shape index (κ3) is 3.71. The Kier molecular flexibility index (Phi) is 5.29. The first-order valence-corrected chi connectivity index (χ1v) is 11.1. The van der Waals surface area contributed by atoms with Crippen LogP contribution in [0, 0.1) is 11.2 Å². The molecule has 0 radical (unpaired) electrons. The number of hydrogen-bond acceptors (Lipinski definition) is 4. The fourth-order valence-corrected chi connectivity index (χ4v) is 4.99. The Hall–Kier alpha value is -3.06. The Labute approximate surface area is 185 Å². The number of nitrogens with zero attached hydrogens (tertiary/aromatic N) is 2. The number of carbonyl (C=O) groups is 1. The Morgan fingerprint density at radius 2 is 1.97 bits per heavy atom. The maximum absolute atomic E-state index is 14.5. The summed E-state index contributed by atoms with van der Waals surface area (Å²) in [6.07, 6.45) is 3.65. The van der Waals surface area contributed by atoms with Gasteiger partial charge in [-0.15, -0.1) is 0 Å². The van der Waals surface area contributed by atoms with Crippen molar-refractivity contribution in [3.05, 3.63) is 75.5 Å². The molecule has 2 heterocycles. The van der Waals surface area contributed by atoms with Crippen LogP contribution in [0.25, 0.3) is 10.8 Å². The third-order valence-corrected chi connectivity index (χ3v) is 6.63. The Balaban J connectivity index is 1.30. The van der Waals surface area contributed by atoms with Crippen LogP contribution in [0.5, 0.6) is 0 Å². The van der Waals surface area contributed by atoms with Crippen molar-refractivity contribution in [2.75, 3.05) is 19.7 Å². The number of benzene rings is 2. The second-order valence-electron chi connectivity index (χ2n) is 9.10. The SMILES string of the molecule is CCCOC1CC2(C1)CN(C(=O)c1cc(Cc3n[nH]c(=O)c4ccccc34)ccc1F)C2. The zero-order valence-corrected chi connectivity index (χ0v) is 18.1. The van der Waals surface area contributed by atoms with Crippen LogP contribution in [0.2, 0.25) is 0 Å². The van der Waals surface area contributed by atoms with E-state index in [1.807, 2.05) is 12.1 Å². The zero-order valence-electron chi connectivity index (χ0n) is 18.1. The highest BCUT2D eigenvalue weighted by atomic mass is 19.1. The Morgan fingerprint density at radius 1 is 1.22 bits per heavy atom. The van der Waals surface area contributed by atoms with Crippen molar-refractivity contribution in [1.29, 1.82) is 0 Å². The van der Waals surface area contributed by atoms with E-state index in [0.717, 1.165) is 36.8 Å². The number of fused-ring (bicyclic) bond motifs is 1. The largest absolute Gasteiger partial charge is 0.378 e. The number of carbonyl (C=O) groups excluding carboxylic acids is 1. The molecule has 1 saturated carbocycles. The summed E-state index contributed by atoms with van der Waals surface area (Å²) in [6, 6.07) is 11.9. The van der Waals surface area contributed by atoms with Crippen LogP contribution in [-0.4, -0.2) is 46.8 Å². The summed E-state index contributed by atoms with van der Waals surface area (Å²) in [7, 11) is 0. The standard InChI is InChI=1S/C25H26FN3O3/c1-2-9-32-17-12-25(13-17)14-29(15-25)24(31)20-10-16(7-8-21(20)26)11-22-18-5-3-4-6-19(18)23(30)28-27-22/h3-8,10,17H,2,9,11-15H2,1H3,(H,28,30). The molecular formula is C25H26FN3O3. The van der Waals surface area contributed by atoms with Gasteiger partial charge in [-0.3, -0.25) is 9.59 Å². The summed E-state index contributed by atoms with van der Waals surface area (Å²) < 4.78 is 20.3. The molecule has 5 rings (SSSR count). The summed E-state index contributed by atoms with van der Waals surface area (Å²) in [4.78, 5) is 26.7. The normalized spacial score (nSPS) is 17.4. The lowest BCUT2D eigenvalue weighted by molar-refractivity contribution is -0.138. The zero-order chi connectivity index (χ0) is 22.3. The number of likely N-dealkylation sites (tertiary alicyclic amines) is 1. The van der Waals surface area contributed by atoms with Crippen molar-refractivity contribution in [2.24, 2.45) is 5.41 Å². The van der Waals surface area contributed by atoms with Gasteiger partial charge < -0.3 is 9.64 Å². The van der Waals surface area contributed by atoms with Gasteiger partial charge in [0.25, 0.3) is 11.5 Å². The number of aromatic amines is 1. The van der Waals surface area contributed by atoms with E-state index < -0.39 is 5.82 Å². The first kappa shape index (κ1) is 20.8. The van der Waals surface area contributed by atoms with Gasteiger partial charge in [-0.25, -0.2) is 9.49 Å². The van der Waals surface area contributed by atoms with Crippen LogP contribution in [0.15, 0.2) is 47.3 Å². The topological polar surface area (TPSA) is 75.3 Å². The number of H-pyrrole nitrogens is 1. The van der Waals surface area contributed by atoms with Crippen molar-refractivity contribution in [3.8, 4) is 0 Å². The van der Waals surface area contributed by atoms with Gasteiger partial charge in [-0.05, 0) is 43.0 Å². The lowest BCUT2D eigenvalue weighted by Gasteiger charge is -2.58. The number of nitrogens with one attached hydrogen (secondary N) is 1. The maximum Gasteiger partial charge on any atom is 0.272 e. The molecule has 1 aromatic heterocycles. The van der Waals surface area contributed by atoms with Gasteiger partial charge in [0.05, 0.1) is 22.7 Å². The molecule has 166 valence electrons. The highest BCUT2D eigenvalue weighted by Gasteiger charge is 2.54. The van der Waals surface area contributed by atoms with Crippen LogP contribution in [-0.2, 0) is 11.2 Å². The van der Waals surface area contributed by atoms with E-state index in [1.165, 1.54) is 6.07 Å². The van der Waals surface area contributed by atoms with E-state index in [9.17, 15) is 14.0 Å². The predicted octanol–water partition coefficient (Wildman–Crippen LogP) is 3.68. The van der Waals surface area contributed by atoms with E-state index in [4.69, 9.17) is 4.74 Å².